The summed E-state index contributed by atoms with van der Waals surface area (Å²) in [5.74, 6) is -1.97. The summed E-state index contributed by atoms with van der Waals surface area (Å²) < 4.78 is 40.5. The number of halogens is 4. The molecule has 2 aromatic carbocycles. The molecular weight excluding hydrogens is 382 g/mol. The topological polar surface area (TPSA) is 32.3 Å². The highest BCUT2D eigenvalue weighted by atomic mass is 127. The first-order valence-electron chi connectivity index (χ1n) is 5.80. The summed E-state index contributed by atoms with van der Waals surface area (Å²) in [5, 5.41) is 12.7. The molecule has 1 atom stereocenters. The fraction of sp³-hybridized carbons (Fsp3) is 0.143. The van der Waals surface area contributed by atoms with Crippen LogP contribution in [0.15, 0.2) is 36.4 Å². The van der Waals surface area contributed by atoms with E-state index in [1.807, 2.05) is 22.6 Å². The standard InChI is InChI=1S/C14H11F3INO/c15-8-4-5-12(11(18)6-8)19-7-13(20)14-9(16)2-1-3-10(14)17/h1-6,13,19-20H,7H2. The fourth-order valence-corrected chi connectivity index (χ4v) is 2.44. The van der Waals surface area contributed by atoms with E-state index in [1.165, 1.54) is 24.3 Å². The first-order chi connectivity index (χ1) is 9.49. The van der Waals surface area contributed by atoms with Gasteiger partial charge in [0.2, 0.25) is 0 Å². The van der Waals surface area contributed by atoms with E-state index in [4.69, 9.17) is 0 Å². The van der Waals surface area contributed by atoms with Gasteiger partial charge >= 0.3 is 0 Å². The van der Waals surface area contributed by atoms with E-state index in [-0.39, 0.29) is 17.9 Å². The third-order valence-electron chi connectivity index (χ3n) is 2.75. The van der Waals surface area contributed by atoms with Gasteiger partial charge in [-0.1, -0.05) is 6.07 Å². The van der Waals surface area contributed by atoms with Gasteiger partial charge in [-0.05, 0) is 52.9 Å². The number of nitrogens with one attached hydrogen (secondary N) is 1. The lowest BCUT2D eigenvalue weighted by molar-refractivity contribution is 0.181. The highest BCUT2D eigenvalue weighted by Gasteiger charge is 2.17. The number of anilines is 1. The number of rotatable bonds is 4. The third kappa shape index (κ3) is 3.43. The van der Waals surface area contributed by atoms with E-state index in [9.17, 15) is 18.3 Å². The van der Waals surface area contributed by atoms with E-state index < -0.39 is 17.7 Å². The number of benzene rings is 2. The van der Waals surface area contributed by atoms with E-state index in [0.29, 0.717) is 9.26 Å². The zero-order chi connectivity index (χ0) is 14.7. The molecule has 2 aromatic rings. The second kappa shape index (κ2) is 6.45. The molecule has 20 heavy (non-hydrogen) atoms. The van der Waals surface area contributed by atoms with Crippen molar-refractivity contribution in [3.05, 3.63) is 63.0 Å². The Balaban J connectivity index is 2.11. The molecular formula is C14H11F3INO. The first kappa shape index (κ1) is 15.1. The SMILES string of the molecule is OC(CNc1ccc(F)cc1I)c1c(F)cccc1F. The van der Waals surface area contributed by atoms with E-state index in [2.05, 4.69) is 5.32 Å². The van der Waals surface area contributed by atoms with Gasteiger partial charge in [-0.15, -0.1) is 0 Å². The minimum atomic E-state index is -1.34. The second-order valence-corrected chi connectivity index (χ2v) is 5.32. The molecule has 1 unspecified atom stereocenters. The molecule has 0 bridgehead atoms. The van der Waals surface area contributed by atoms with Crippen molar-refractivity contribution >= 4 is 28.3 Å². The monoisotopic (exact) mass is 393 g/mol. The molecule has 0 fully saturated rings. The zero-order valence-electron chi connectivity index (χ0n) is 10.2. The molecule has 2 nitrogen and oxygen atoms in total. The Morgan fingerprint density at radius 1 is 1.10 bits per heavy atom. The minimum Gasteiger partial charge on any atom is -0.386 e. The number of hydrogen-bond donors (Lipinski definition) is 2. The summed E-state index contributed by atoms with van der Waals surface area (Å²) in [7, 11) is 0. The Labute approximate surface area is 127 Å². The van der Waals surface area contributed by atoms with Gasteiger partial charge in [0.05, 0.1) is 5.56 Å². The smallest absolute Gasteiger partial charge is 0.132 e. The van der Waals surface area contributed by atoms with Crippen molar-refractivity contribution in [1.82, 2.24) is 0 Å². The summed E-state index contributed by atoms with van der Waals surface area (Å²) in [4.78, 5) is 0. The molecule has 0 saturated heterocycles. The van der Waals surface area contributed by atoms with Crippen LogP contribution in [0, 0.1) is 21.0 Å². The Hall–Kier alpha value is -1.28. The average Bonchev–Trinajstić information content (AvgIpc) is 2.37. The Kier molecular flexibility index (Phi) is 4.87. The molecule has 106 valence electrons. The highest BCUT2D eigenvalue weighted by Crippen LogP contribution is 2.23. The Morgan fingerprint density at radius 2 is 1.75 bits per heavy atom. The van der Waals surface area contributed by atoms with Crippen LogP contribution in [0.5, 0.6) is 0 Å². The number of aliphatic hydroxyl groups is 1. The first-order valence-corrected chi connectivity index (χ1v) is 6.88. The van der Waals surface area contributed by atoms with Crippen LogP contribution in [0.4, 0.5) is 18.9 Å². The molecule has 0 aliphatic rings. The molecule has 0 radical (unpaired) electrons. The van der Waals surface area contributed by atoms with E-state index >= 15 is 0 Å². The maximum absolute atomic E-state index is 13.5. The van der Waals surface area contributed by atoms with Gasteiger partial charge in [0.1, 0.15) is 23.6 Å². The maximum atomic E-state index is 13.5. The predicted molar refractivity (Wildman–Crippen MR) is 78.9 cm³/mol. The Morgan fingerprint density at radius 3 is 2.35 bits per heavy atom. The highest BCUT2D eigenvalue weighted by molar-refractivity contribution is 14.1. The predicted octanol–water partition coefficient (Wildman–Crippen LogP) is 3.85. The molecule has 0 aromatic heterocycles. The number of aliphatic hydroxyl groups excluding tert-OH is 1. The quantitative estimate of drug-likeness (QED) is 0.774. The van der Waals surface area contributed by atoms with Gasteiger partial charge in [0.25, 0.3) is 0 Å². The van der Waals surface area contributed by atoms with Crippen molar-refractivity contribution in [2.75, 3.05) is 11.9 Å². The van der Waals surface area contributed by atoms with Crippen LogP contribution in [-0.2, 0) is 0 Å². The van der Waals surface area contributed by atoms with E-state index in [0.717, 1.165) is 12.1 Å². The molecule has 2 N–H and O–H groups in total. The van der Waals surface area contributed by atoms with Gasteiger partial charge in [-0.2, -0.15) is 0 Å². The summed E-state index contributed by atoms with van der Waals surface area (Å²) >= 11 is 1.93. The van der Waals surface area contributed by atoms with Crippen molar-refractivity contribution in [3.63, 3.8) is 0 Å². The normalized spacial score (nSPS) is 12.2. The van der Waals surface area contributed by atoms with Gasteiger partial charge in [-0.25, -0.2) is 13.2 Å². The van der Waals surface area contributed by atoms with Gasteiger partial charge in [0, 0.05) is 15.8 Å². The largest absolute Gasteiger partial charge is 0.386 e. The second-order valence-electron chi connectivity index (χ2n) is 4.16. The lowest BCUT2D eigenvalue weighted by Gasteiger charge is -2.15. The van der Waals surface area contributed by atoms with Gasteiger partial charge < -0.3 is 10.4 Å². The third-order valence-corrected chi connectivity index (χ3v) is 3.64. The van der Waals surface area contributed by atoms with Crippen molar-refractivity contribution in [1.29, 1.82) is 0 Å². The van der Waals surface area contributed by atoms with Crippen molar-refractivity contribution < 1.29 is 18.3 Å². The van der Waals surface area contributed by atoms with Gasteiger partial charge in [0.15, 0.2) is 0 Å². The minimum absolute atomic E-state index is 0.0838. The van der Waals surface area contributed by atoms with Crippen LogP contribution in [0.2, 0.25) is 0 Å². The summed E-state index contributed by atoms with van der Waals surface area (Å²) in [6.07, 6.45) is -1.34. The zero-order valence-corrected chi connectivity index (χ0v) is 12.4. The summed E-state index contributed by atoms with van der Waals surface area (Å²) in [6, 6.07) is 7.49. The van der Waals surface area contributed by atoms with Crippen molar-refractivity contribution in [3.8, 4) is 0 Å². The van der Waals surface area contributed by atoms with Crippen LogP contribution in [0.3, 0.4) is 0 Å². The molecule has 2 rings (SSSR count). The fourth-order valence-electron chi connectivity index (χ4n) is 1.77. The van der Waals surface area contributed by atoms with Crippen LogP contribution in [0.25, 0.3) is 0 Å². The van der Waals surface area contributed by atoms with E-state index in [1.54, 1.807) is 0 Å². The lowest BCUT2D eigenvalue weighted by Crippen LogP contribution is -2.15. The summed E-state index contributed by atoms with van der Waals surface area (Å²) in [5.41, 5.74) is 0.208. The molecule has 0 aliphatic heterocycles. The van der Waals surface area contributed by atoms with Crippen molar-refractivity contribution in [2.45, 2.75) is 6.10 Å². The van der Waals surface area contributed by atoms with Crippen LogP contribution >= 0.6 is 22.6 Å². The molecule has 0 aliphatic carbocycles. The summed E-state index contributed by atoms with van der Waals surface area (Å²) in [6.45, 7) is -0.0838. The lowest BCUT2D eigenvalue weighted by atomic mass is 10.1. The molecule has 0 amide bonds. The number of hydrogen-bond acceptors (Lipinski definition) is 2. The molecule has 0 heterocycles. The molecule has 0 saturated carbocycles. The average molecular weight is 393 g/mol. The van der Waals surface area contributed by atoms with Crippen LogP contribution in [0.1, 0.15) is 11.7 Å². The van der Waals surface area contributed by atoms with Crippen LogP contribution in [-0.4, -0.2) is 11.7 Å². The maximum Gasteiger partial charge on any atom is 0.132 e. The Bertz CT molecular complexity index is 601. The van der Waals surface area contributed by atoms with Gasteiger partial charge in [-0.3, -0.25) is 0 Å². The molecule has 0 spiro atoms. The molecule has 6 heteroatoms. The van der Waals surface area contributed by atoms with Crippen molar-refractivity contribution in [2.24, 2.45) is 0 Å². The van der Waals surface area contributed by atoms with Crippen LogP contribution < -0.4 is 5.32 Å².